The summed E-state index contributed by atoms with van der Waals surface area (Å²) >= 11 is 0. The summed E-state index contributed by atoms with van der Waals surface area (Å²) in [5.41, 5.74) is 6.69. The van der Waals surface area contributed by atoms with E-state index in [-0.39, 0.29) is 6.54 Å². The Morgan fingerprint density at radius 3 is 2.43 bits per heavy atom. The maximum absolute atomic E-state index is 11.0. The number of rotatable bonds is 11. The quantitative estimate of drug-likeness (QED) is 0.654. The maximum Gasteiger partial charge on any atom is 0.307 e. The fraction of sp³-hybridized carbons (Fsp3) is 0.611. The molecule has 1 aromatic rings. The van der Waals surface area contributed by atoms with Crippen LogP contribution in [0.2, 0.25) is 0 Å². The summed E-state index contributed by atoms with van der Waals surface area (Å²) in [6, 6.07) is 5.99. The molecule has 1 aromatic carbocycles. The lowest BCUT2D eigenvalue weighted by Crippen LogP contribution is -2.25. The lowest BCUT2D eigenvalue weighted by molar-refractivity contribution is -0.141. The number of aryl methyl sites for hydroxylation is 1. The molecule has 2 unspecified atom stereocenters. The second kappa shape index (κ2) is 10.1. The van der Waals surface area contributed by atoms with E-state index in [1.54, 1.807) is 0 Å². The molecule has 0 aromatic heterocycles. The molecule has 23 heavy (non-hydrogen) atoms. The number of aliphatic carboxylic acids is 1. The van der Waals surface area contributed by atoms with Crippen LogP contribution in [0.5, 0.6) is 11.5 Å². The van der Waals surface area contributed by atoms with Gasteiger partial charge >= 0.3 is 5.97 Å². The van der Waals surface area contributed by atoms with Crippen molar-refractivity contribution in [3.63, 3.8) is 0 Å². The van der Waals surface area contributed by atoms with Crippen molar-refractivity contribution in [2.24, 2.45) is 17.6 Å². The first-order valence-corrected chi connectivity index (χ1v) is 8.33. The predicted octanol–water partition coefficient (Wildman–Crippen LogP) is 3.10. The second-order valence-electron chi connectivity index (χ2n) is 5.80. The molecule has 5 heteroatoms. The molecule has 0 saturated carbocycles. The third-order valence-electron chi connectivity index (χ3n) is 3.85. The fourth-order valence-electron chi connectivity index (χ4n) is 2.57. The number of carboxylic acid groups (broad SMARTS) is 1. The van der Waals surface area contributed by atoms with E-state index in [0.29, 0.717) is 25.6 Å². The molecule has 2 atom stereocenters. The van der Waals surface area contributed by atoms with Crippen LogP contribution in [0.3, 0.4) is 0 Å². The minimum Gasteiger partial charge on any atom is -0.490 e. The van der Waals surface area contributed by atoms with E-state index in [2.05, 4.69) is 6.92 Å². The van der Waals surface area contributed by atoms with E-state index in [1.165, 1.54) is 5.56 Å². The summed E-state index contributed by atoms with van der Waals surface area (Å²) in [6.45, 7) is 7.36. The zero-order chi connectivity index (χ0) is 17.2. The molecule has 3 N–H and O–H groups in total. The van der Waals surface area contributed by atoms with Crippen molar-refractivity contribution in [1.29, 1.82) is 0 Å². The monoisotopic (exact) mass is 323 g/mol. The molecule has 0 aliphatic heterocycles. The molecule has 0 amide bonds. The van der Waals surface area contributed by atoms with Crippen molar-refractivity contribution in [1.82, 2.24) is 0 Å². The van der Waals surface area contributed by atoms with Crippen molar-refractivity contribution in [3.8, 4) is 11.5 Å². The lowest BCUT2D eigenvalue weighted by atomic mass is 9.91. The number of benzene rings is 1. The summed E-state index contributed by atoms with van der Waals surface area (Å²) in [6.07, 6.45) is 2.41. The highest BCUT2D eigenvalue weighted by atomic mass is 16.5. The van der Waals surface area contributed by atoms with Gasteiger partial charge in [-0.25, -0.2) is 0 Å². The Labute approximate surface area is 138 Å². The van der Waals surface area contributed by atoms with Crippen LogP contribution in [0.15, 0.2) is 18.2 Å². The van der Waals surface area contributed by atoms with Gasteiger partial charge in [0.2, 0.25) is 0 Å². The van der Waals surface area contributed by atoms with E-state index in [1.807, 2.05) is 32.0 Å². The van der Waals surface area contributed by atoms with Crippen LogP contribution < -0.4 is 15.2 Å². The molecular weight excluding hydrogens is 294 g/mol. The zero-order valence-corrected chi connectivity index (χ0v) is 14.4. The van der Waals surface area contributed by atoms with E-state index in [9.17, 15) is 4.79 Å². The molecule has 0 bridgehead atoms. The molecule has 5 nitrogen and oxygen atoms in total. The highest BCUT2D eigenvalue weighted by Gasteiger charge is 2.18. The molecule has 130 valence electrons. The van der Waals surface area contributed by atoms with Crippen LogP contribution in [0.25, 0.3) is 0 Å². The van der Waals surface area contributed by atoms with Crippen LogP contribution in [-0.4, -0.2) is 30.8 Å². The average molecular weight is 323 g/mol. The first-order chi connectivity index (χ1) is 11.0. The van der Waals surface area contributed by atoms with Gasteiger partial charge in [0.25, 0.3) is 0 Å². The van der Waals surface area contributed by atoms with E-state index in [4.69, 9.17) is 20.3 Å². The highest BCUT2D eigenvalue weighted by Crippen LogP contribution is 2.29. The standard InChI is InChI=1S/C18H29NO4/c1-4-22-16-9-8-14(11-17(16)23-5-2)7-6-13(3)10-15(12-19)18(20)21/h8-9,11,13,15H,4-7,10,12,19H2,1-3H3,(H,20,21). The molecule has 0 saturated heterocycles. The zero-order valence-electron chi connectivity index (χ0n) is 14.4. The van der Waals surface area contributed by atoms with Gasteiger partial charge in [0, 0.05) is 6.54 Å². The first-order valence-electron chi connectivity index (χ1n) is 8.33. The number of nitrogens with two attached hydrogens (primary N) is 1. The van der Waals surface area contributed by atoms with Gasteiger partial charge in [-0.1, -0.05) is 13.0 Å². The minimum atomic E-state index is -0.806. The molecule has 0 aliphatic carbocycles. The minimum absolute atomic E-state index is 0.192. The summed E-state index contributed by atoms with van der Waals surface area (Å²) in [5.74, 6) is 0.579. The first kappa shape index (κ1) is 19.3. The number of hydrogen-bond donors (Lipinski definition) is 2. The number of ether oxygens (including phenoxy) is 2. The highest BCUT2D eigenvalue weighted by molar-refractivity contribution is 5.70. The summed E-state index contributed by atoms with van der Waals surface area (Å²) < 4.78 is 11.2. The third kappa shape index (κ3) is 6.48. The SMILES string of the molecule is CCOc1ccc(CCC(C)CC(CN)C(=O)O)cc1OCC. The van der Waals surface area contributed by atoms with Crippen molar-refractivity contribution >= 4 is 5.97 Å². The van der Waals surface area contributed by atoms with Crippen LogP contribution in [-0.2, 0) is 11.2 Å². The number of hydrogen-bond acceptors (Lipinski definition) is 4. The summed E-state index contributed by atoms with van der Waals surface area (Å²) in [5, 5.41) is 9.07. The normalized spacial score (nSPS) is 13.4. The van der Waals surface area contributed by atoms with Crippen molar-refractivity contribution in [3.05, 3.63) is 23.8 Å². The molecule has 0 aliphatic rings. The van der Waals surface area contributed by atoms with E-state index in [0.717, 1.165) is 24.3 Å². The molecule has 0 spiro atoms. The Morgan fingerprint density at radius 1 is 1.22 bits per heavy atom. The largest absolute Gasteiger partial charge is 0.490 e. The van der Waals surface area contributed by atoms with Crippen molar-refractivity contribution in [2.45, 2.75) is 40.0 Å². The van der Waals surface area contributed by atoms with Gasteiger partial charge in [-0.2, -0.15) is 0 Å². The Morgan fingerprint density at radius 2 is 1.87 bits per heavy atom. The van der Waals surface area contributed by atoms with Gasteiger partial charge in [0.15, 0.2) is 11.5 Å². The molecule has 0 radical (unpaired) electrons. The topological polar surface area (TPSA) is 81.8 Å². The smallest absolute Gasteiger partial charge is 0.307 e. The van der Waals surface area contributed by atoms with Crippen LogP contribution in [0.4, 0.5) is 0 Å². The van der Waals surface area contributed by atoms with Gasteiger partial charge in [-0.05, 0) is 56.7 Å². The molecule has 0 fully saturated rings. The fourth-order valence-corrected chi connectivity index (χ4v) is 2.57. The van der Waals surface area contributed by atoms with Crippen molar-refractivity contribution < 1.29 is 19.4 Å². The van der Waals surface area contributed by atoms with E-state index >= 15 is 0 Å². The summed E-state index contributed by atoms with van der Waals surface area (Å²) in [4.78, 5) is 11.0. The Bertz CT molecular complexity index is 490. The van der Waals surface area contributed by atoms with Crippen LogP contribution >= 0.6 is 0 Å². The van der Waals surface area contributed by atoms with Crippen LogP contribution in [0.1, 0.15) is 39.2 Å². The number of carboxylic acids is 1. The van der Waals surface area contributed by atoms with Gasteiger partial charge in [-0.15, -0.1) is 0 Å². The third-order valence-corrected chi connectivity index (χ3v) is 3.85. The van der Waals surface area contributed by atoms with E-state index < -0.39 is 11.9 Å². The second-order valence-corrected chi connectivity index (χ2v) is 5.80. The van der Waals surface area contributed by atoms with Crippen molar-refractivity contribution in [2.75, 3.05) is 19.8 Å². The Hall–Kier alpha value is -1.75. The van der Waals surface area contributed by atoms with Gasteiger partial charge < -0.3 is 20.3 Å². The Kier molecular flexibility index (Phi) is 8.48. The van der Waals surface area contributed by atoms with Gasteiger partial charge in [-0.3, -0.25) is 4.79 Å². The maximum atomic E-state index is 11.0. The average Bonchev–Trinajstić information content (AvgIpc) is 2.52. The summed E-state index contributed by atoms with van der Waals surface area (Å²) in [7, 11) is 0. The van der Waals surface area contributed by atoms with Gasteiger partial charge in [0.05, 0.1) is 19.1 Å². The van der Waals surface area contributed by atoms with Crippen LogP contribution in [0, 0.1) is 11.8 Å². The Balaban J connectivity index is 2.63. The molecular formula is C18H29NO4. The van der Waals surface area contributed by atoms with Gasteiger partial charge in [0.1, 0.15) is 0 Å². The predicted molar refractivity (Wildman–Crippen MR) is 91.1 cm³/mol. The number of carbonyl (C=O) groups is 1. The molecule has 0 heterocycles. The molecule has 1 rings (SSSR count). The lowest BCUT2D eigenvalue weighted by Gasteiger charge is -2.17.